The Morgan fingerprint density at radius 2 is 2.25 bits per heavy atom. The van der Waals surface area contributed by atoms with Gasteiger partial charge in [-0.1, -0.05) is 12.1 Å². The second-order valence-corrected chi connectivity index (χ2v) is 2.47. The summed E-state index contributed by atoms with van der Waals surface area (Å²) in [7, 11) is 1.74. The highest BCUT2D eigenvalue weighted by Crippen LogP contribution is 2.11. The highest BCUT2D eigenvalue weighted by Gasteiger charge is 1.96. The van der Waals surface area contributed by atoms with E-state index in [4.69, 9.17) is 5.11 Å². The van der Waals surface area contributed by atoms with E-state index < -0.39 is 0 Å². The normalized spacial score (nSPS) is 11.3. The molecule has 0 fully saturated rings. The standard InChI is InChI=1S/C9H12N2O/c1-7(11-10-2)8-4-3-5-9(12)6-8/h3-6,10,12H,1-2H3/b11-7+. The third kappa shape index (κ3) is 1.99. The molecule has 3 nitrogen and oxygen atoms in total. The van der Waals surface area contributed by atoms with Gasteiger partial charge in [0.2, 0.25) is 0 Å². The third-order valence-electron chi connectivity index (χ3n) is 1.54. The zero-order valence-electron chi connectivity index (χ0n) is 7.20. The van der Waals surface area contributed by atoms with Gasteiger partial charge in [0.1, 0.15) is 5.75 Å². The summed E-state index contributed by atoms with van der Waals surface area (Å²) in [6.07, 6.45) is 0. The molecule has 1 aromatic rings. The van der Waals surface area contributed by atoms with E-state index in [0.717, 1.165) is 11.3 Å². The van der Waals surface area contributed by atoms with Crippen LogP contribution in [0.1, 0.15) is 12.5 Å². The van der Waals surface area contributed by atoms with E-state index >= 15 is 0 Å². The topological polar surface area (TPSA) is 44.6 Å². The zero-order valence-corrected chi connectivity index (χ0v) is 7.20. The Labute approximate surface area is 71.7 Å². The molecule has 1 aromatic carbocycles. The maximum Gasteiger partial charge on any atom is 0.116 e. The van der Waals surface area contributed by atoms with Crippen molar-refractivity contribution in [2.75, 3.05) is 7.05 Å². The minimum absolute atomic E-state index is 0.262. The molecule has 1 rings (SSSR count). The zero-order chi connectivity index (χ0) is 8.97. The van der Waals surface area contributed by atoms with Gasteiger partial charge >= 0.3 is 0 Å². The Morgan fingerprint density at radius 3 is 2.83 bits per heavy atom. The number of hydrazone groups is 1. The van der Waals surface area contributed by atoms with Crippen molar-refractivity contribution < 1.29 is 5.11 Å². The Bertz CT molecular complexity index is 294. The molecule has 0 aliphatic rings. The first-order valence-corrected chi connectivity index (χ1v) is 3.74. The van der Waals surface area contributed by atoms with Gasteiger partial charge in [0.05, 0.1) is 5.71 Å². The minimum Gasteiger partial charge on any atom is -0.508 e. The van der Waals surface area contributed by atoms with E-state index in [9.17, 15) is 0 Å². The van der Waals surface area contributed by atoms with Crippen LogP contribution in [0.25, 0.3) is 0 Å². The predicted molar refractivity (Wildman–Crippen MR) is 49.4 cm³/mol. The molecule has 0 heterocycles. The van der Waals surface area contributed by atoms with Gasteiger partial charge < -0.3 is 10.5 Å². The summed E-state index contributed by atoms with van der Waals surface area (Å²) in [6, 6.07) is 7.00. The Hall–Kier alpha value is -1.51. The number of hydrogen-bond acceptors (Lipinski definition) is 3. The van der Waals surface area contributed by atoms with E-state index in [1.165, 1.54) is 0 Å². The molecule has 0 spiro atoms. The average Bonchev–Trinajstić information content (AvgIpc) is 2.05. The van der Waals surface area contributed by atoms with Crippen LogP contribution in [0.15, 0.2) is 29.4 Å². The summed E-state index contributed by atoms with van der Waals surface area (Å²) in [5.41, 5.74) is 4.47. The van der Waals surface area contributed by atoms with Gasteiger partial charge in [0.25, 0.3) is 0 Å². The Kier molecular flexibility index (Phi) is 2.69. The molecule has 3 heteroatoms. The lowest BCUT2D eigenvalue weighted by Gasteiger charge is -2.00. The average molecular weight is 164 g/mol. The van der Waals surface area contributed by atoms with E-state index in [0.29, 0.717) is 0 Å². The van der Waals surface area contributed by atoms with E-state index in [1.54, 1.807) is 25.2 Å². The van der Waals surface area contributed by atoms with Gasteiger partial charge in [0.15, 0.2) is 0 Å². The van der Waals surface area contributed by atoms with Crippen molar-refractivity contribution in [1.82, 2.24) is 5.43 Å². The number of benzene rings is 1. The van der Waals surface area contributed by atoms with E-state index in [1.807, 2.05) is 13.0 Å². The number of rotatable bonds is 2. The van der Waals surface area contributed by atoms with Crippen LogP contribution in [0, 0.1) is 0 Å². The van der Waals surface area contributed by atoms with E-state index in [2.05, 4.69) is 10.5 Å². The second-order valence-electron chi connectivity index (χ2n) is 2.47. The molecule has 0 aliphatic heterocycles. The number of phenols is 1. The number of phenolic OH excluding ortho intramolecular Hbond substituents is 1. The fraction of sp³-hybridized carbons (Fsp3) is 0.222. The van der Waals surface area contributed by atoms with Gasteiger partial charge in [-0.3, -0.25) is 0 Å². The fourth-order valence-corrected chi connectivity index (χ4v) is 0.963. The summed E-state index contributed by atoms with van der Waals surface area (Å²) >= 11 is 0. The van der Waals surface area contributed by atoms with Crippen molar-refractivity contribution in [2.24, 2.45) is 5.10 Å². The molecule has 64 valence electrons. The van der Waals surface area contributed by atoms with Gasteiger partial charge in [-0.2, -0.15) is 5.10 Å². The highest BCUT2D eigenvalue weighted by molar-refractivity contribution is 5.98. The lowest BCUT2D eigenvalue weighted by molar-refractivity contribution is 0.475. The summed E-state index contributed by atoms with van der Waals surface area (Å²) in [5, 5.41) is 13.1. The first-order chi connectivity index (χ1) is 5.74. The van der Waals surface area contributed by atoms with Crippen LogP contribution in [0.2, 0.25) is 0 Å². The van der Waals surface area contributed by atoms with Crippen LogP contribution >= 0.6 is 0 Å². The van der Waals surface area contributed by atoms with Gasteiger partial charge in [0, 0.05) is 12.6 Å². The SMILES string of the molecule is CN/N=C(\C)c1cccc(O)c1. The molecule has 0 amide bonds. The molecule has 0 aliphatic carbocycles. The maximum atomic E-state index is 9.15. The number of nitrogens with zero attached hydrogens (tertiary/aromatic N) is 1. The molecule has 0 atom stereocenters. The Balaban J connectivity index is 2.95. The molecule has 0 bridgehead atoms. The van der Waals surface area contributed by atoms with Crippen LogP contribution in [0.5, 0.6) is 5.75 Å². The molecular formula is C9H12N2O. The molecule has 12 heavy (non-hydrogen) atoms. The van der Waals surface area contributed by atoms with Crippen LogP contribution < -0.4 is 5.43 Å². The summed E-state index contributed by atoms with van der Waals surface area (Å²) in [6.45, 7) is 1.88. The minimum atomic E-state index is 0.262. The second kappa shape index (κ2) is 3.76. The molecule has 2 N–H and O–H groups in total. The van der Waals surface area contributed by atoms with Crippen LogP contribution in [0.3, 0.4) is 0 Å². The largest absolute Gasteiger partial charge is 0.508 e. The van der Waals surface area contributed by atoms with Crippen molar-refractivity contribution in [3.63, 3.8) is 0 Å². The lowest BCUT2D eigenvalue weighted by Crippen LogP contribution is -2.02. The number of aromatic hydroxyl groups is 1. The number of nitrogens with one attached hydrogen (secondary N) is 1. The van der Waals surface area contributed by atoms with Crippen molar-refractivity contribution >= 4 is 5.71 Å². The quantitative estimate of drug-likeness (QED) is 0.511. The van der Waals surface area contributed by atoms with E-state index in [-0.39, 0.29) is 5.75 Å². The van der Waals surface area contributed by atoms with Crippen LogP contribution in [-0.4, -0.2) is 17.9 Å². The summed E-state index contributed by atoms with van der Waals surface area (Å²) in [5.74, 6) is 0.262. The lowest BCUT2D eigenvalue weighted by atomic mass is 10.1. The number of hydrogen-bond donors (Lipinski definition) is 2. The molecular weight excluding hydrogens is 152 g/mol. The molecule has 0 saturated carbocycles. The van der Waals surface area contributed by atoms with Crippen LogP contribution in [0.4, 0.5) is 0 Å². The fourth-order valence-electron chi connectivity index (χ4n) is 0.963. The van der Waals surface area contributed by atoms with Gasteiger partial charge in [-0.05, 0) is 19.1 Å². The third-order valence-corrected chi connectivity index (χ3v) is 1.54. The first-order valence-electron chi connectivity index (χ1n) is 3.74. The van der Waals surface area contributed by atoms with Crippen molar-refractivity contribution in [1.29, 1.82) is 0 Å². The molecule has 0 unspecified atom stereocenters. The van der Waals surface area contributed by atoms with Crippen LogP contribution in [-0.2, 0) is 0 Å². The van der Waals surface area contributed by atoms with Gasteiger partial charge in [-0.15, -0.1) is 0 Å². The predicted octanol–water partition coefficient (Wildman–Crippen LogP) is 1.34. The van der Waals surface area contributed by atoms with Crippen molar-refractivity contribution in [3.05, 3.63) is 29.8 Å². The smallest absolute Gasteiger partial charge is 0.116 e. The molecule has 0 saturated heterocycles. The molecule has 0 radical (unpaired) electrons. The maximum absolute atomic E-state index is 9.15. The molecule has 0 aromatic heterocycles. The Morgan fingerprint density at radius 1 is 1.50 bits per heavy atom. The van der Waals surface area contributed by atoms with Gasteiger partial charge in [-0.25, -0.2) is 0 Å². The monoisotopic (exact) mass is 164 g/mol. The first kappa shape index (κ1) is 8.59. The van der Waals surface area contributed by atoms with Crippen molar-refractivity contribution in [2.45, 2.75) is 6.92 Å². The summed E-state index contributed by atoms with van der Waals surface area (Å²) < 4.78 is 0. The van der Waals surface area contributed by atoms with Crippen molar-refractivity contribution in [3.8, 4) is 5.75 Å². The summed E-state index contributed by atoms with van der Waals surface area (Å²) in [4.78, 5) is 0. The highest BCUT2D eigenvalue weighted by atomic mass is 16.3.